The SMILES string of the molecule is CCn1cnc2cc(C(=O)N3CCOC(C(=O)NCCCn4nc(C)cc4C)C3)ccc21. The topological polar surface area (TPSA) is 94.3 Å². The molecule has 0 saturated carbocycles. The van der Waals surface area contributed by atoms with Gasteiger partial charge in [-0.05, 0) is 51.5 Å². The van der Waals surface area contributed by atoms with Crippen LogP contribution in [0.3, 0.4) is 0 Å². The third kappa shape index (κ3) is 4.67. The van der Waals surface area contributed by atoms with Gasteiger partial charge in [0.25, 0.3) is 11.8 Å². The summed E-state index contributed by atoms with van der Waals surface area (Å²) in [7, 11) is 0. The lowest BCUT2D eigenvalue weighted by atomic mass is 10.1. The lowest BCUT2D eigenvalue weighted by molar-refractivity contribution is -0.137. The quantitative estimate of drug-likeness (QED) is 0.569. The fourth-order valence-corrected chi connectivity index (χ4v) is 4.08. The van der Waals surface area contributed by atoms with E-state index in [1.807, 2.05) is 47.4 Å². The average molecular weight is 439 g/mol. The van der Waals surface area contributed by atoms with E-state index in [1.165, 1.54) is 0 Å². The van der Waals surface area contributed by atoms with Gasteiger partial charge in [0, 0.05) is 37.4 Å². The van der Waals surface area contributed by atoms with E-state index >= 15 is 0 Å². The van der Waals surface area contributed by atoms with Gasteiger partial charge in [0.15, 0.2) is 6.10 Å². The van der Waals surface area contributed by atoms with Crippen molar-refractivity contribution < 1.29 is 14.3 Å². The number of ether oxygens (including phenoxy) is 1. The first-order chi connectivity index (χ1) is 15.5. The van der Waals surface area contributed by atoms with Crippen LogP contribution in [0.4, 0.5) is 0 Å². The lowest BCUT2D eigenvalue weighted by Crippen LogP contribution is -2.51. The number of hydrogen-bond donors (Lipinski definition) is 1. The first-order valence-corrected chi connectivity index (χ1v) is 11.1. The summed E-state index contributed by atoms with van der Waals surface area (Å²) < 4.78 is 9.62. The van der Waals surface area contributed by atoms with Crippen LogP contribution in [0.15, 0.2) is 30.6 Å². The molecule has 0 spiro atoms. The zero-order valence-electron chi connectivity index (χ0n) is 18.9. The summed E-state index contributed by atoms with van der Waals surface area (Å²) in [6.45, 7) is 9.17. The van der Waals surface area contributed by atoms with Crippen LogP contribution in [0.2, 0.25) is 0 Å². The van der Waals surface area contributed by atoms with Crippen molar-refractivity contribution in [2.24, 2.45) is 0 Å². The van der Waals surface area contributed by atoms with E-state index in [0.29, 0.717) is 25.3 Å². The molecule has 1 aliphatic rings. The normalized spacial score (nSPS) is 16.5. The van der Waals surface area contributed by atoms with Gasteiger partial charge in [0.1, 0.15) is 0 Å². The maximum atomic E-state index is 13.0. The van der Waals surface area contributed by atoms with E-state index in [2.05, 4.69) is 22.3 Å². The molecule has 1 saturated heterocycles. The fourth-order valence-electron chi connectivity index (χ4n) is 4.08. The van der Waals surface area contributed by atoms with E-state index < -0.39 is 6.10 Å². The van der Waals surface area contributed by atoms with Gasteiger partial charge in [0.2, 0.25) is 0 Å². The van der Waals surface area contributed by atoms with Crippen LogP contribution in [-0.2, 0) is 22.6 Å². The van der Waals surface area contributed by atoms with Crippen LogP contribution < -0.4 is 5.32 Å². The Morgan fingerprint density at radius 3 is 2.84 bits per heavy atom. The Morgan fingerprint density at radius 2 is 2.09 bits per heavy atom. The number of hydrogen-bond acceptors (Lipinski definition) is 5. The van der Waals surface area contributed by atoms with Crippen molar-refractivity contribution in [3.63, 3.8) is 0 Å². The number of benzene rings is 1. The third-order valence-electron chi connectivity index (χ3n) is 5.80. The van der Waals surface area contributed by atoms with E-state index in [9.17, 15) is 9.59 Å². The summed E-state index contributed by atoms with van der Waals surface area (Å²) in [6, 6.07) is 7.59. The summed E-state index contributed by atoms with van der Waals surface area (Å²) >= 11 is 0. The molecule has 2 aromatic heterocycles. The van der Waals surface area contributed by atoms with Gasteiger partial charge in [-0.1, -0.05) is 0 Å². The molecule has 9 heteroatoms. The van der Waals surface area contributed by atoms with Gasteiger partial charge < -0.3 is 19.5 Å². The Kier molecular flexibility index (Phi) is 6.55. The maximum Gasteiger partial charge on any atom is 0.254 e. The van der Waals surface area contributed by atoms with Gasteiger partial charge in [-0.25, -0.2) is 4.98 Å². The molecule has 0 radical (unpaired) electrons. The average Bonchev–Trinajstić information content (AvgIpc) is 3.37. The van der Waals surface area contributed by atoms with Crippen molar-refractivity contribution in [2.45, 2.75) is 46.4 Å². The second kappa shape index (κ2) is 9.52. The Labute approximate surface area is 187 Å². The highest BCUT2D eigenvalue weighted by atomic mass is 16.5. The molecule has 9 nitrogen and oxygen atoms in total. The molecule has 2 amide bonds. The van der Waals surface area contributed by atoms with E-state index in [4.69, 9.17) is 4.74 Å². The minimum absolute atomic E-state index is 0.108. The van der Waals surface area contributed by atoms with Gasteiger partial charge in [-0.2, -0.15) is 5.10 Å². The molecular formula is C23H30N6O3. The monoisotopic (exact) mass is 438 g/mol. The van der Waals surface area contributed by atoms with Gasteiger partial charge in [0.05, 0.1) is 36.2 Å². The third-order valence-corrected chi connectivity index (χ3v) is 5.80. The highest BCUT2D eigenvalue weighted by molar-refractivity contribution is 5.97. The first kappa shape index (κ1) is 22.0. The number of aryl methyl sites for hydroxylation is 4. The molecule has 1 aromatic carbocycles. The van der Waals surface area contributed by atoms with Crippen molar-refractivity contribution >= 4 is 22.8 Å². The zero-order valence-corrected chi connectivity index (χ0v) is 18.9. The predicted octanol–water partition coefficient (Wildman–Crippen LogP) is 1.92. The van der Waals surface area contributed by atoms with Crippen LogP contribution in [0, 0.1) is 13.8 Å². The van der Waals surface area contributed by atoms with Gasteiger partial charge in [-0.15, -0.1) is 0 Å². The molecular weight excluding hydrogens is 408 g/mol. The largest absolute Gasteiger partial charge is 0.365 e. The number of fused-ring (bicyclic) bond motifs is 1. The van der Waals surface area contributed by atoms with Gasteiger partial charge >= 0.3 is 0 Å². The van der Waals surface area contributed by atoms with Crippen LogP contribution in [0.1, 0.15) is 35.1 Å². The Morgan fingerprint density at radius 1 is 1.25 bits per heavy atom. The van der Waals surface area contributed by atoms with Crippen LogP contribution >= 0.6 is 0 Å². The minimum atomic E-state index is -0.663. The van der Waals surface area contributed by atoms with Crippen molar-refractivity contribution in [1.29, 1.82) is 0 Å². The minimum Gasteiger partial charge on any atom is -0.365 e. The molecule has 32 heavy (non-hydrogen) atoms. The number of rotatable bonds is 7. The first-order valence-electron chi connectivity index (χ1n) is 11.1. The Hall–Kier alpha value is -3.20. The number of nitrogens with zero attached hydrogens (tertiary/aromatic N) is 5. The van der Waals surface area contributed by atoms with E-state index in [1.54, 1.807) is 11.2 Å². The van der Waals surface area contributed by atoms with Crippen LogP contribution in [0.5, 0.6) is 0 Å². The molecule has 3 heterocycles. The van der Waals surface area contributed by atoms with Crippen molar-refractivity contribution in [1.82, 2.24) is 29.5 Å². The molecule has 1 unspecified atom stereocenters. The van der Waals surface area contributed by atoms with Crippen molar-refractivity contribution in [3.8, 4) is 0 Å². The standard InChI is InChI=1S/C23H30N6O3/c1-4-27-15-25-19-13-18(6-7-20(19)27)23(31)28-10-11-32-21(14-28)22(30)24-8-5-9-29-17(3)12-16(2)26-29/h6-7,12-13,15,21H,4-5,8-11,14H2,1-3H3,(H,24,30). The summed E-state index contributed by atoms with van der Waals surface area (Å²) in [5.74, 6) is -0.295. The number of morpholine rings is 1. The Balaban J connectivity index is 1.30. The molecule has 3 aromatic rings. The molecule has 0 bridgehead atoms. The number of carbonyl (C=O) groups excluding carboxylic acids is 2. The second-order valence-electron chi connectivity index (χ2n) is 8.14. The lowest BCUT2D eigenvalue weighted by Gasteiger charge is -2.32. The molecule has 1 fully saturated rings. The Bertz CT molecular complexity index is 1120. The number of imidazole rings is 1. The molecule has 170 valence electrons. The molecule has 1 atom stereocenters. The number of amides is 2. The van der Waals surface area contributed by atoms with E-state index in [0.717, 1.165) is 41.9 Å². The molecule has 0 aliphatic carbocycles. The van der Waals surface area contributed by atoms with Crippen molar-refractivity contribution in [3.05, 3.63) is 47.5 Å². The molecule has 1 aliphatic heterocycles. The summed E-state index contributed by atoms with van der Waals surface area (Å²) in [5.41, 5.74) is 4.47. The highest BCUT2D eigenvalue weighted by Gasteiger charge is 2.29. The zero-order chi connectivity index (χ0) is 22.7. The maximum absolute atomic E-state index is 13.0. The summed E-state index contributed by atoms with van der Waals surface area (Å²) in [5, 5.41) is 7.36. The predicted molar refractivity (Wildman–Crippen MR) is 120 cm³/mol. The highest BCUT2D eigenvalue weighted by Crippen LogP contribution is 2.18. The fraction of sp³-hybridized carbons (Fsp3) is 0.478. The van der Waals surface area contributed by atoms with E-state index in [-0.39, 0.29) is 18.4 Å². The number of carbonyl (C=O) groups is 2. The number of nitrogens with one attached hydrogen (secondary N) is 1. The van der Waals surface area contributed by atoms with Gasteiger partial charge in [-0.3, -0.25) is 14.3 Å². The molecule has 1 N–H and O–H groups in total. The van der Waals surface area contributed by atoms with Crippen molar-refractivity contribution in [2.75, 3.05) is 26.2 Å². The second-order valence-corrected chi connectivity index (χ2v) is 8.14. The van der Waals surface area contributed by atoms with Crippen LogP contribution in [-0.4, -0.2) is 68.4 Å². The smallest absolute Gasteiger partial charge is 0.254 e. The van der Waals surface area contributed by atoms with Crippen LogP contribution in [0.25, 0.3) is 11.0 Å². The summed E-state index contributed by atoms with van der Waals surface area (Å²) in [6.07, 6.45) is 1.89. The summed E-state index contributed by atoms with van der Waals surface area (Å²) in [4.78, 5) is 31.7. The number of aromatic nitrogens is 4. The molecule has 4 rings (SSSR count).